The zero-order valence-electron chi connectivity index (χ0n) is 11.2. The van der Waals surface area contributed by atoms with E-state index in [4.69, 9.17) is 16.3 Å². The van der Waals surface area contributed by atoms with Gasteiger partial charge in [0.15, 0.2) is 6.61 Å². The lowest BCUT2D eigenvalue weighted by Gasteiger charge is -2.10. The van der Waals surface area contributed by atoms with Crippen molar-refractivity contribution in [1.82, 2.24) is 10.6 Å². The topological polar surface area (TPSA) is 50.4 Å². The highest BCUT2D eigenvalue weighted by molar-refractivity contribution is 6.31. The van der Waals surface area contributed by atoms with Crippen LogP contribution in [0.15, 0.2) is 18.2 Å². The minimum atomic E-state index is -0.120. The van der Waals surface area contributed by atoms with Gasteiger partial charge in [0.25, 0.3) is 5.91 Å². The molecule has 0 aliphatic heterocycles. The van der Waals surface area contributed by atoms with Gasteiger partial charge < -0.3 is 15.4 Å². The van der Waals surface area contributed by atoms with Gasteiger partial charge in [-0.3, -0.25) is 4.79 Å². The van der Waals surface area contributed by atoms with Gasteiger partial charge in [0.2, 0.25) is 0 Å². The average Bonchev–Trinajstić information content (AvgIpc) is 2.36. The van der Waals surface area contributed by atoms with Crippen molar-refractivity contribution in [3.63, 3.8) is 0 Å². The Morgan fingerprint density at radius 2 is 2.11 bits per heavy atom. The summed E-state index contributed by atoms with van der Waals surface area (Å²) in [6.45, 7) is 3.41. The lowest BCUT2D eigenvalue weighted by molar-refractivity contribution is -0.123. The lowest BCUT2D eigenvalue weighted by Crippen LogP contribution is -2.31. The van der Waals surface area contributed by atoms with Crippen molar-refractivity contribution in [3.05, 3.63) is 28.8 Å². The Bertz CT molecular complexity index is 400. The van der Waals surface area contributed by atoms with Crippen molar-refractivity contribution in [2.75, 3.05) is 26.7 Å². The zero-order chi connectivity index (χ0) is 13.4. The van der Waals surface area contributed by atoms with Crippen LogP contribution < -0.4 is 15.4 Å². The van der Waals surface area contributed by atoms with Crippen LogP contribution in [0.25, 0.3) is 0 Å². The van der Waals surface area contributed by atoms with Crippen molar-refractivity contribution >= 4 is 29.9 Å². The summed E-state index contributed by atoms with van der Waals surface area (Å²) in [6, 6.07) is 5.40. The predicted octanol–water partition coefficient (Wildman–Crippen LogP) is 2.17. The van der Waals surface area contributed by atoms with Crippen molar-refractivity contribution in [2.24, 2.45) is 0 Å². The molecular weight excluding hydrogens is 287 g/mol. The van der Waals surface area contributed by atoms with E-state index in [0.29, 0.717) is 17.3 Å². The third-order valence-electron chi connectivity index (χ3n) is 2.50. The minimum absolute atomic E-state index is 0. The summed E-state index contributed by atoms with van der Waals surface area (Å²) in [7, 11) is 1.88. The van der Waals surface area contributed by atoms with Gasteiger partial charge in [-0.2, -0.15) is 0 Å². The number of hydrogen-bond acceptors (Lipinski definition) is 3. The highest BCUT2D eigenvalue weighted by Crippen LogP contribution is 2.24. The zero-order valence-corrected chi connectivity index (χ0v) is 12.7. The van der Waals surface area contributed by atoms with Crippen molar-refractivity contribution in [2.45, 2.75) is 13.3 Å². The lowest BCUT2D eigenvalue weighted by atomic mass is 10.2. The third-order valence-corrected chi connectivity index (χ3v) is 2.91. The van der Waals surface area contributed by atoms with Crippen molar-refractivity contribution in [3.8, 4) is 5.75 Å². The second kappa shape index (κ2) is 9.89. The molecule has 0 bridgehead atoms. The maximum atomic E-state index is 11.5. The first kappa shape index (κ1) is 18.0. The van der Waals surface area contributed by atoms with Crippen LogP contribution in [0.1, 0.15) is 12.0 Å². The number of benzene rings is 1. The van der Waals surface area contributed by atoms with Gasteiger partial charge in [-0.05, 0) is 39.1 Å². The molecule has 1 rings (SSSR count). The van der Waals surface area contributed by atoms with E-state index in [1.54, 1.807) is 18.2 Å². The van der Waals surface area contributed by atoms with Crippen LogP contribution >= 0.6 is 24.0 Å². The standard InChI is InChI=1S/C13H19ClN2O2.ClH/c1-10-11(14)5-3-6-12(10)18-9-13(17)16-8-4-7-15-2;/h3,5-6,15H,4,7-9H2,1-2H3,(H,16,17);1H. The van der Waals surface area contributed by atoms with Gasteiger partial charge in [0, 0.05) is 17.1 Å². The largest absolute Gasteiger partial charge is 0.483 e. The number of hydrogen-bond donors (Lipinski definition) is 2. The smallest absolute Gasteiger partial charge is 0.257 e. The van der Waals surface area contributed by atoms with Gasteiger partial charge in [0.05, 0.1) is 0 Å². The number of nitrogens with one attached hydrogen (secondary N) is 2. The van der Waals surface area contributed by atoms with Gasteiger partial charge in [-0.1, -0.05) is 17.7 Å². The summed E-state index contributed by atoms with van der Waals surface area (Å²) in [5, 5.41) is 6.44. The molecule has 6 heteroatoms. The van der Waals surface area contributed by atoms with Crippen LogP contribution in [-0.2, 0) is 4.79 Å². The molecule has 0 saturated heterocycles. The van der Waals surface area contributed by atoms with Crippen LogP contribution in [0.4, 0.5) is 0 Å². The molecule has 0 spiro atoms. The van der Waals surface area contributed by atoms with E-state index < -0.39 is 0 Å². The predicted molar refractivity (Wildman–Crippen MR) is 80.5 cm³/mol. The van der Waals surface area contributed by atoms with E-state index in [1.165, 1.54) is 0 Å². The van der Waals surface area contributed by atoms with Gasteiger partial charge in [0.1, 0.15) is 5.75 Å². The van der Waals surface area contributed by atoms with E-state index >= 15 is 0 Å². The first-order chi connectivity index (χ1) is 8.65. The summed E-state index contributed by atoms with van der Waals surface area (Å²) in [5.74, 6) is 0.526. The second-order valence-electron chi connectivity index (χ2n) is 3.96. The van der Waals surface area contributed by atoms with E-state index in [1.807, 2.05) is 14.0 Å². The fourth-order valence-corrected chi connectivity index (χ4v) is 1.60. The molecule has 2 N–H and O–H groups in total. The molecule has 0 aliphatic carbocycles. The number of rotatable bonds is 7. The molecule has 0 radical (unpaired) electrons. The summed E-state index contributed by atoms with van der Waals surface area (Å²) in [5.41, 5.74) is 0.849. The number of halogens is 2. The SMILES string of the molecule is CNCCCNC(=O)COc1cccc(Cl)c1C.Cl. The molecule has 19 heavy (non-hydrogen) atoms. The van der Waals surface area contributed by atoms with E-state index in [0.717, 1.165) is 18.5 Å². The Labute approximate surface area is 125 Å². The maximum Gasteiger partial charge on any atom is 0.257 e. The molecule has 0 aromatic heterocycles. The van der Waals surface area contributed by atoms with Gasteiger partial charge in [-0.15, -0.1) is 12.4 Å². The molecule has 0 unspecified atom stereocenters. The quantitative estimate of drug-likeness (QED) is 0.759. The molecule has 0 aliphatic rings. The van der Waals surface area contributed by atoms with Crippen LogP contribution in [0.5, 0.6) is 5.75 Å². The number of amides is 1. The molecule has 0 heterocycles. The molecular formula is C13H20Cl2N2O2. The number of carbonyl (C=O) groups is 1. The maximum absolute atomic E-state index is 11.5. The third kappa shape index (κ3) is 6.66. The molecule has 1 aromatic rings. The highest BCUT2D eigenvalue weighted by atomic mass is 35.5. The number of ether oxygens (including phenoxy) is 1. The fourth-order valence-electron chi connectivity index (χ4n) is 1.43. The van der Waals surface area contributed by atoms with E-state index in [9.17, 15) is 4.79 Å². The van der Waals surface area contributed by atoms with E-state index in [2.05, 4.69) is 10.6 Å². The Kier molecular flexibility index (Phi) is 9.39. The normalized spacial score (nSPS) is 9.63. The second-order valence-corrected chi connectivity index (χ2v) is 4.37. The molecule has 0 fully saturated rings. The molecule has 0 saturated carbocycles. The van der Waals surface area contributed by atoms with Crippen molar-refractivity contribution in [1.29, 1.82) is 0 Å². The first-order valence-electron chi connectivity index (χ1n) is 5.94. The molecule has 108 valence electrons. The summed E-state index contributed by atoms with van der Waals surface area (Å²) in [4.78, 5) is 11.5. The molecule has 0 atom stereocenters. The summed E-state index contributed by atoms with van der Waals surface area (Å²) in [6.07, 6.45) is 0.901. The molecule has 1 amide bonds. The Morgan fingerprint density at radius 1 is 1.37 bits per heavy atom. The molecule has 4 nitrogen and oxygen atoms in total. The Hall–Kier alpha value is -0.970. The van der Waals surface area contributed by atoms with Crippen LogP contribution in [-0.4, -0.2) is 32.7 Å². The Morgan fingerprint density at radius 3 is 2.79 bits per heavy atom. The summed E-state index contributed by atoms with van der Waals surface area (Å²) < 4.78 is 5.42. The fraction of sp³-hybridized carbons (Fsp3) is 0.462. The Balaban J connectivity index is 0.00000324. The minimum Gasteiger partial charge on any atom is -0.483 e. The van der Waals surface area contributed by atoms with Crippen LogP contribution in [0.3, 0.4) is 0 Å². The highest BCUT2D eigenvalue weighted by Gasteiger charge is 2.06. The van der Waals surface area contributed by atoms with Gasteiger partial charge in [-0.25, -0.2) is 0 Å². The van der Waals surface area contributed by atoms with Crippen LogP contribution in [0.2, 0.25) is 5.02 Å². The summed E-state index contributed by atoms with van der Waals surface area (Å²) >= 11 is 5.96. The average molecular weight is 307 g/mol. The van der Waals surface area contributed by atoms with E-state index in [-0.39, 0.29) is 24.9 Å². The molecule has 1 aromatic carbocycles. The van der Waals surface area contributed by atoms with Crippen molar-refractivity contribution < 1.29 is 9.53 Å². The van der Waals surface area contributed by atoms with Crippen LogP contribution in [0, 0.1) is 6.92 Å². The monoisotopic (exact) mass is 306 g/mol. The first-order valence-corrected chi connectivity index (χ1v) is 6.32. The number of carbonyl (C=O) groups excluding carboxylic acids is 1. The van der Waals surface area contributed by atoms with Gasteiger partial charge >= 0.3 is 0 Å².